The van der Waals surface area contributed by atoms with Crippen molar-refractivity contribution in [3.05, 3.63) is 58.9 Å². The minimum atomic E-state index is -0.152. The molecule has 0 aliphatic carbocycles. The Balaban J connectivity index is 1.56. The van der Waals surface area contributed by atoms with Crippen LogP contribution in [0.1, 0.15) is 23.1 Å². The summed E-state index contributed by atoms with van der Waals surface area (Å²) in [6, 6.07) is 12.4. The molecule has 27 heavy (non-hydrogen) atoms. The number of carbonyl (C=O) groups excluding carboxylic acids is 2. The first-order valence-corrected chi connectivity index (χ1v) is 9.13. The quantitative estimate of drug-likeness (QED) is 0.738. The number of carbonyl (C=O) groups is 2. The van der Waals surface area contributed by atoms with Gasteiger partial charge in [-0.2, -0.15) is 0 Å². The molecular formula is C20H19ClN4O2. The van der Waals surface area contributed by atoms with E-state index in [0.29, 0.717) is 17.1 Å². The fourth-order valence-electron chi connectivity index (χ4n) is 3.43. The highest BCUT2D eigenvalue weighted by atomic mass is 35.5. The van der Waals surface area contributed by atoms with Gasteiger partial charge in [0, 0.05) is 28.9 Å². The Labute approximate surface area is 161 Å². The van der Waals surface area contributed by atoms with Gasteiger partial charge in [-0.25, -0.2) is 4.98 Å². The van der Waals surface area contributed by atoms with E-state index in [9.17, 15) is 9.59 Å². The van der Waals surface area contributed by atoms with E-state index in [1.807, 2.05) is 32.0 Å². The highest BCUT2D eigenvalue weighted by Gasteiger charge is 2.33. The van der Waals surface area contributed by atoms with E-state index in [1.165, 1.54) is 0 Å². The topological polar surface area (TPSA) is 69.3 Å². The minimum absolute atomic E-state index is 0.0443. The first-order chi connectivity index (χ1) is 12.9. The summed E-state index contributed by atoms with van der Waals surface area (Å²) in [6.45, 7) is 4.31. The van der Waals surface area contributed by atoms with Crippen molar-refractivity contribution in [2.75, 3.05) is 18.0 Å². The molecule has 2 heterocycles. The van der Waals surface area contributed by atoms with Crippen molar-refractivity contribution in [2.24, 2.45) is 0 Å². The number of imidazole rings is 1. The molecule has 0 saturated carbocycles. The van der Waals surface area contributed by atoms with Crippen molar-refractivity contribution in [2.45, 2.75) is 19.9 Å². The Bertz CT molecular complexity index is 1030. The summed E-state index contributed by atoms with van der Waals surface area (Å²) in [5, 5.41) is 0.623. The first-order valence-electron chi connectivity index (χ1n) is 8.75. The molecule has 0 bridgehead atoms. The maximum atomic E-state index is 13.0. The molecule has 138 valence electrons. The van der Waals surface area contributed by atoms with E-state index < -0.39 is 0 Å². The number of piperazine rings is 1. The molecule has 0 radical (unpaired) electrons. The van der Waals surface area contributed by atoms with Gasteiger partial charge in [0.15, 0.2) is 0 Å². The van der Waals surface area contributed by atoms with E-state index in [2.05, 4.69) is 9.97 Å². The van der Waals surface area contributed by atoms with E-state index in [-0.39, 0.29) is 24.4 Å². The van der Waals surface area contributed by atoms with Crippen LogP contribution in [-0.2, 0) is 4.79 Å². The van der Waals surface area contributed by atoms with Gasteiger partial charge >= 0.3 is 0 Å². The highest BCUT2D eigenvalue weighted by Crippen LogP contribution is 2.24. The van der Waals surface area contributed by atoms with Crippen molar-refractivity contribution in [1.82, 2.24) is 14.9 Å². The lowest BCUT2D eigenvalue weighted by Gasteiger charge is -2.39. The number of aromatic amines is 1. The zero-order valence-electron chi connectivity index (χ0n) is 15.1. The predicted octanol–water partition coefficient (Wildman–Crippen LogP) is 3.40. The van der Waals surface area contributed by atoms with E-state index in [4.69, 9.17) is 11.6 Å². The molecule has 2 aromatic carbocycles. The molecule has 4 rings (SSSR count). The van der Waals surface area contributed by atoms with Crippen LogP contribution in [0.2, 0.25) is 5.02 Å². The minimum Gasteiger partial charge on any atom is -0.342 e. The summed E-state index contributed by atoms with van der Waals surface area (Å²) in [5.41, 5.74) is 2.97. The second kappa shape index (κ2) is 6.70. The second-order valence-electron chi connectivity index (χ2n) is 6.82. The number of fused-ring (bicyclic) bond motifs is 1. The fourth-order valence-corrected chi connectivity index (χ4v) is 3.56. The largest absolute Gasteiger partial charge is 0.342 e. The maximum Gasteiger partial charge on any atom is 0.254 e. The Kier molecular flexibility index (Phi) is 4.36. The SMILES string of the molecule is Cc1nc2ccc(C(=O)N3CC(=O)N(c4ccc(Cl)cc4)CC3C)cc2[nH]1. The van der Waals surface area contributed by atoms with Gasteiger partial charge in [0.1, 0.15) is 12.4 Å². The van der Waals surface area contributed by atoms with Crippen LogP contribution in [0.25, 0.3) is 11.0 Å². The zero-order chi connectivity index (χ0) is 19.1. The monoisotopic (exact) mass is 382 g/mol. The molecule has 1 unspecified atom stereocenters. The van der Waals surface area contributed by atoms with Gasteiger partial charge in [0.05, 0.1) is 11.0 Å². The number of aromatic nitrogens is 2. The number of halogens is 1. The molecule has 0 spiro atoms. The molecule has 1 atom stereocenters. The third kappa shape index (κ3) is 3.28. The van der Waals surface area contributed by atoms with Crippen LogP contribution in [0.15, 0.2) is 42.5 Å². The van der Waals surface area contributed by atoms with Crippen molar-refractivity contribution in [1.29, 1.82) is 0 Å². The molecule has 1 aliphatic rings. The van der Waals surface area contributed by atoms with Crippen molar-refractivity contribution < 1.29 is 9.59 Å². The van der Waals surface area contributed by atoms with Crippen LogP contribution in [0.5, 0.6) is 0 Å². The highest BCUT2D eigenvalue weighted by molar-refractivity contribution is 6.30. The number of nitrogens with one attached hydrogen (secondary N) is 1. The summed E-state index contributed by atoms with van der Waals surface area (Å²) in [7, 11) is 0. The number of nitrogens with zero attached hydrogens (tertiary/aromatic N) is 3. The number of hydrogen-bond acceptors (Lipinski definition) is 3. The van der Waals surface area contributed by atoms with Crippen LogP contribution < -0.4 is 4.90 Å². The summed E-state index contributed by atoms with van der Waals surface area (Å²) in [4.78, 5) is 36.5. The van der Waals surface area contributed by atoms with Gasteiger partial charge in [-0.15, -0.1) is 0 Å². The van der Waals surface area contributed by atoms with Crippen molar-refractivity contribution >= 4 is 40.1 Å². The van der Waals surface area contributed by atoms with Gasteiger partial charge in [0.2, 0.25) is 5.91 Å². The average molecular weight is 383 g/mol. The standard InChI is InChI=1S/C20H19ClN4O2/c1-12-10-25(16-6-4-15(21)5-7-16)19(26)11-24(12)20(27)14-3-8-17-18(9-14)23-13(2)22-17/h3-9,12H,10-11H2,1-2H3,(H,22,23). The average Bonchev–Trinajstić information content (AvgIpc) is 3.02. The molecule has 1 saturated heterocycles. The molecule has 1 aromatic heterocycles. The fraction of sp³-hybridized carbons (Fsp3) is 0.250. The Morgan fingerprint density at radius 2 is 1.96 bits per heavy atom. The number of benzene rings is 2. The van der Waals surface area contributed by atoms with Gasteiger partial charge < -0.3 is 14.8 Å². The Morgan fingerprint density at radius 1 is 1.22 bits per heavy atom. The van der Waals surface area contributed by atoms with Gasteiger partial charge in [0.25, 0.3) is 5.91 Å². The molecule has 7 heteroatoms. The zero-order valence-corrected chi connectivity index (χ0v) is 15.8. The van der Waals surface area contributed by atoms with Gasteiger partial charge in [-0.1, -0.05) is 11.6 Å². The van der Waals surface area contributed by atoms with Crippen LogP contribution in [0.4, 0.5) is 5.69 Å². The van der Waals surface area contributed by atoms with E-state index in [1.54, 1.807) is 34.1 Å². The number of aryl methyl sites for hydroxylation is 1. The molecule has 6 nitrogen and oxygen atoms in total. The van der Waals surface area contributed by atoms with Crippen molar-refractivity contribution in [3.8, 4) is 0 Å². The predicted molar refractivity (Wildman–Crippen MR) is 105 cm³/mol. The summed E-state index contributed by atoms with van der Waals surface area (Å²) in [6.07, 6.45) is 0. The normalized spacial score (nSPS) is 17.6. The van der Waals surface area contributed by atoms with Crippen LogP contribution in [0.3, 0.4) is 0 Å². The van der Waals surface area contributed by atoms with Gasteiger partial charge in [-0.3, -0.25) is 9.59 Å². The van der Waals surface area contributed by atoms with E-state index in [0.717, 1.165) is 22.5 Å². The van der Waals surface area contributed by atoms with Crippen molar-refractivity contribution in [3.63, 3.8) is 0 Å². The smallest absolute Gasteiger partial charge is 0.254 e. The Hall–Kier alpha value is -2.86. The number of hydrogen-bond donors (Lipinski definition) is 1. The molecule has 2 amide bonds. The van der Waals surface area contributed by atoms with E-state index >= 15 is 0 Å². The molecule has 3 aromatic rings. The first kappa shape index (κ1) is 17.5. The lowest BCUT2D eigenvalue weighted by atomic mass is 10.1. The lowest BCUT2D eigenvalue weighted by molar-refractivity contribution is -0.121. The Morgan fingerprint density at radius 3 is 2.70 bits per heavy atom. The second-order valence-corrected chi connectivity index (χ2v) is 7.25. The number of amides is 2. The third-order valence-corrected chi connectivity index (χ3v) is 5.08. The van der Waals surface area contributed by atoms with Crippen LogP contribution in [0, 0.1) is 6.92 Å². The van der Waals surface area contributed by atoms with Crippen LogP contribution in [-0.4, -0.2) is 45.8 Å². The summed E-state index contributed by atoms with van der Waals surface area (Å²) >= 11 is 5.93. The lowest BCUT2D eigenvalue weighted by Crippen LogP contribution is -2.57. The number of anilines is 1. The summed E-state index contributed by atoms with van der Waals surface area (Å²) < 4.78 is 0. The molecule has 1 aliphatic heterocycles. The van der Waals surface area contributed by atoms with Crippen LogP contribution >= 0.6 is 11.6 Å². The molecule has 1 N–H and O–H groups in total. The summed E-state index contributed by atoms with van der Waals surface area (Å²) in [5.74, 6) is 0.540. The van der Waals surface area contributed by atoms with Gasteiger partial charge in [-0.05, 0) is 56.3 Å². The molecular weight excluding hydrogens is 364 g/mol. The number of H-pyrrole nitrogens is 1. The molecule has 1 fully saturated rings. The number of rotatable bonds is 2. The third-order valence-electron chi connectivity index (χ3n) is 4.83. The maximum absolute atomic E-state index is 13.0.